The van der Waals surface area contributed by atoms with E-state index in [0.717, 1.165) is 25.7 Å². The number of nitrogens with zero attached hydrogens (tertiary/aromatic N) is 1. The molecule has 0 saturated carbocycles. The van der Waals surface area contributed by atoms with Crippen molar-refractivity contribution in [1.82, 2.24) is 10.2 Å². The molecular weight excluding hydrogens is 190 g/mol. The summed E-state index contributed by atoms with van der Waals surface area (Å²) < 4.78 is 0. The Morgan fingerprint density at radius 1 is 1.60 bits per heavy atom. The summed E-state index contributed by atoms with van der Waals surface area (Å²) >= 11 is 0. The fraction of sp³-hybridized carbons (Fsp3) is 0.636. The fourth-order valence-corrected chi connectivity index (χ4v) is 1.80. The lowest BCUT2D eigenvalue weighted by Crippen LogP contribution is -2.35. The second-order valence-corrected chi connectivity index (χ2v) is 3.80. The van der Waals surface area contributed by atoms with Crippen LogP contribution < -0.4 is 5.32 Å². The predicted octanol–water partition coefficient (Wildman–Crippen LogP) is 2.12. The second kappa shape index (κ2) is 5.53. The van der Waals surface area contributed by atoms with Gasteiger partial charge in [-0.25, -0.2) is 4.79 Å². The van der Waals surface area contributed by atoms with Crippen LogP contribution >= 0.6 is 0 Å². The monoisotopic (exact) mass is 209 g/mol. The lowest BCUT2D eigenvalue weighted by molar-refractivity contribution is 0.209. The standard InChI is InChI=1S/C11H19N3O/c1-3-5-6-7-9-10(12)13-11(15)14(9)8-4-2/h4,9H,2-3,5-8H2,1H3,(H2,12,13,15). The summed E-state index contributed by atoms with van der Waals surface area (Å²) in [5.41, 5.74) is 0. The van der Waals surface area contributed by atoms with E-state index in [-0.39, 0.29) is 12.1 Å². The first-order valence-electron chi connectivity index (χ1n) is 5.47. The number of urea groups is 1. The summed E-state index contributed by atoms with van der Waals surface area (Å²) in [6.07, 6.45) is 5.94. The Hall–Kier alpha value is -1.32. The number of hydrogen-bond acceptors (Lipinski definition) is 2. The fourth-order valence-electron chi connectivity index (χ4n) is 1.80. The Bertz CT molecular complexity index is 263. The minimum Gasteiger partial charge on any atom is -0.311 e. The number of carbonyl (C=O) groups excluding carboxylic acids is 1. The Morgan fingerprint density at radius 2 is 2.33 bits per heavy atom. The molecule has 0 aromatic carbocycles. The molecule has 0 radical (unpaired) electrons. The largest absolute Gasteiger partial charge is 0.323 e. The molecule has 1 saturated heterocycles. The van der Waals surface area contributed by atoms with E-state index in [1.165, 1.54) is 0 Å². The highest BCUT2D eigenvalue weighted by Crippen LogP contribution is 2.15. The van der Waals surface area contributed by atoms with Gasteiger partial charge in [-0.3, -0.25) is 10.7 Å². The van der Waals surface area contributed by atoms with Gasteiger partial charge in [0.25, 0.3) is 0 Å². The van der Waals surface area contributed by atoms with E-state index in [0.29, 0.717) is 12.4 Å². The van der Waals surface area contributed by atoms with Crippen LogP contribution in [0.25, 0.3) is 0 Å². The molecule has 15 heavy (non-hydrogen) atoms. The molecule has 0 bridgehead atoms. The average molecular weight is 209 g/mol. The zero-order valence-corrected chi connectivity index (χ0v) is 9.25. The molecule has 0 aromatic heterocycles. The number of hydrogen-bond donors (Lipinski definition) is 2. The SMILES string of the molecule is C=CCN1C(=O)NC(=N)C1CCCCC. The van der Waals surface area contributed by atoms with Crippen LogP contribution in [0.4, 0.5) is 4.79 Å². The Morgan fingerprint density at radius 3 is 2.93 bits per heavy atom. The van der Waals surface area contributed by atoms with Crippen LogP contribution in [0.5, 0.6) is 0 Å². The molecule has 0 spiro atoms. The molecule has 1 aliphatic rings. The third-order valence-corrected chi connectivity index (χ3v) is 2.62. The number of carbonyl (C=O) groups is 1. The number of unbranched alkanes of at least 4 members (excludes halogenated alkanes) is 2. The maximum Gasteiger partial charge on any atom is 0.323 e. The van der Waals surface area contributed by atoms with Crippen LogP contribution in [-0.2, 0) is 0 Å². The molecule has 1 unspecified atom stereocenters. The Labute approximate surface area is 90.8 Å². The highest BCUT2D eigenvalue weighted by molar-refractivity contribution is 6.05. The maximum absolute atomic E-state index is 11.4. The van der Waals surface area contributed by atoms with Gasteiger partial charge < -0.3 is 4.90 Å². The molecule has 1 heterocycles. The summed E-state index contributed by atoms with van der Waals surface area (Å²) in [5, 5.41) is 10.2. The quantitative estimate of drug-likeness (QED) is 0.511. The first kappa shape index (κ1) is 11.8. The van der Waals surface area contributed by atoms with E-state index >= 15 is 0 Å². The third kappa shape index (κ3) is 2.81. The molecule has 1 fully saturated rings. The predicted molar refractivity (Wildman–Crippen MR) is 61.1 cm³/mol. The van der Waals surface area contributed by atoms with Crippen molar-refractivity contribution in [2.24, 2.45) is 0 Å². The minimum absolute atomic E-state index is 0.0675. The molecule has 0 aromatic rings. The number of rotatable bonds is 6. The molecule has 84 valence electrons. The van der Waals surface area contributed by atoms with E-state index in [1.54, 1.807) is 11.0 Å². The summed E-state index contributed by atoms with van der Waals surface area (Å²) in [4.78, 5) is 13.1. The summed E-state index contributed by atoms with van der Waals surface area (Å²) in [6.45, 7) is 6.28. The lowest BCUT2D eigenvalue weighted by Gasteiger charge is -2.20. The molecule has 4 nitrogen and oxygen atoms in total. The van der Waals surface area contributed by atoms with Gasteiger partial charge in [-0.05, 0) is 6.42 Å². The van der Waals surface area contributed by atoms with E-state index in [4.69, 9.17) is 5.41 Å². The highest BCUT2D eigenvalue weighted by atomic mass is 16.2. The van der Waals surface area contributed by atoms with E-state index in [2.05, 4.69) is 18.8 Å². The lowest BCUT2D eigenvalue weighted by atomic mass is 10.1. The zero-order chi connectivity index (χ0) is 11.3. The first-order chi connectivity index (χ1) is 7.20. The van der Waals surface area contributed by atoms with Crippen molar-refractivity contribution < 1.29 is 4.79 Å². The van der Waals surface area contributed by atoms with E-state index < -0.39 is 0 Å². The number of nitrogens with one attached hydrogen (secondary N) is 2. The maximum atomic E-state index is 11.4. The normalized spacial score (nSPS) is 20.6. The van der Waals surface area contributed by atoms with Gasteiger partial charge in [0.15, 0.2) is 0 Å². The Balaban J connectivity index is 2.53. The van der Waals surface area contributed by atoms with Crippen molar-refractivity contribution in [2.45, 2.75) is 38.6 Å². The summed E-state index contributed by atoms with van der Waals surface area (Å²) in [7, 11) is 0. The van der Waals surface area contributed by atoms with Crippen molar-refractivity contribution >= 4 is 11.9 Å². The van der Waals surface area contributed by atoms with Gasteiger partial charge in [-0.2, -0.15) is 0 Å². The highest BCUT2D eigenvalue weighted by Gasteiger charge is 2.33. The van der Waals surface area contributed by atoms with E-state index in [1.807, 2.05) is 0 Å². The van der Waals surface area contributed by atoms with E-state index in [9.17, 15) is 4.79 Å². The van der Waals surface area contributed by atoms with Gasteiger partial charge in [0.05, 0.1) is 6.04 Å². The molecule has 4 heteroatoms. The van der Waals surface area contributed by atoms with Crippen LogP contribution in [0.1, 0.15) is 32.6 Å². The Kier molecular flexibility index (Phi) is 4.34. The van der Waals surface area contributed by atoms with Crippen molar-refractivity contribution in [1.29, 1.82) is 5.41 Å². The van der Waals surface area contributed by atoms with Crippen molar-refractivity contribution in [2.75, 3.05) is 6.54 Å². The molecule has 0 aliphatic carbocycles. The third-order valence-electron chi connectivity index (χ3n) is 2.62. The minimum atomic E-state index is -0.165. The van der Waals surface area contributed by atoms with Gasteiger partial charge in [-0.1, -0.05) is 32.3 Å². The van der Waals surface area contributed by atoms with Gasteiger partial charge in [0, 0.05) is 6.54 Å². The first-order valence-corrected chi connectivity index (χ1v) is 5.47. The van der Waals surface area contributed by atoms with Gasteiger partial charge >= 0.3 is 6.03 Å². The molecule has 2 N–H and O–H groups in total. The number of amides is 2. The van der Waals surface area contributed by atoms with Gasteiger partial charge in [0.2, 0.25) is 0 Å². The van der Waals surface area contributed by atoms with Gasteiger partial charge in [-0.15, -0.1) is 6.58 Å². The van der Waals surface area contributed by atoms with Crippen LogP contribution in [0.3, 0.4) is 0 Å². The summed E-state index contributed by atoms with van der Waals surface area (Å²) in [6, 6.07) is -0.233. The second-order valence-electron chi connectivity index (χ2n) is 3.80. The van der Waals surface area contributed by atoms with Crippen LogP contribution in [0.2, 0.25) is 0 Å². The molecule has 1 rings (SSSR count). The molecule has 1 aliphatic heterocycles. The van der Waals surface area contributed by atoms with Crippen LogP contribution in [0, 0.1) is 5.41 Å². The molecule has 1 atom stereocenters. The average Bonchev–Trinajstić information content (AvgIpc) is 2.45. The molecular formula is C11H19N3O. The number of amidine groups is 1. The van der Waals surface area contributed by atoms with Crippen molar-refractivity contribution in [3.05, 3.63) is 12.7 Å². The van der Waals surface area contributed by atoms with Crippen LogP contribution in [-0.4, -0.2) is 29.4 Å². The van der Waals surface area contributed by atoms with Gasteiger partial charge in [0.1, 0.15) is 5.84 Å². The summed E-state index contributed by atoms with van der Waals surface area (Å²) in [5.74, 6) is 0.331. The van der Waals surface area contributed by atoms with Crippen molar-refractivity contribution in [3.8, 4) is 0 Å². The topological polar surface area (TPSA) is 56.2 Å². The van der Waals surface area contributed by atoms with Crippen molar-refractivity contribution in [3.63, 3.8) is 0 Å². The zero-order valence-electron chi connectivity index (χ0n) is 9.25. The van der Waals surface area contributed by atoms with Crippen LogP contribution in [0.15, 0.2) is 12.7 Å². The molecule has 2 amide bonds. The smallest absolute Gasteiger partial charge is 0.311 e.